The third kappa shape index (κ3) is 3.96. The summed E-state index contributed by atoms with van der Waals surface area (Å²) in [6.07, 6.45) is -0.633. The number of methoxy groups -OCH3 is 1. The van der Waals surface area contributed by atoms with Crippen LogP contribution in [0.2, 0.25) is 0 Å². The van der Waals surface area contributed by atoms with Crippen molar-refractivity contribution in [1.29, 1.82) is 0 Å². The van der Waals surface area contributed by atoms with Gasteiger partial charge in [0.15, 0.2) is 0 Å². The highest BCUT2D eigenvalue weighted by atomic mass is 32.1. The van der Waals surface area contributed by atoms with Crippen LogP contribution in [0.4, 0.5) is 4.79 Å². The van der Waals surface area contributed by atoms with Crippen LogP contribution in [-0.2, 0) is 14.3 Å². The molecule has 0 fully saturated rings. The number of carbonyl (C=O) groups is 2. The van der Waals surface area contributed by atoms with Gasteiger partial charge in [0, 0.05) is 0 Å². The van der Waals surface area contributed by atoms with E-state index in [4.69, 9.17) is 4.74 Å². The Bertz CT molecular complexity index is 699. The minimum atomic E-state index is -0.847. The number of esters is 1. The maximum atomic E-state index is 12.1. The van der Waals surface area contributed by atoms with Crippen LogP contribution in [0.5, 0.6) is 0 Å². The van der Waals surface area contributed by atoms with Crippen LogP contribution in [-0.4, -0.2) is 31.0 Å². The summed E-state index contributed by atoms with van der Waals surface area (Å²) in [7, 11) is 1.27. The second-order valence-electron chi connectivity index (χ2n) is 4.88. The fraction of sp³-hybridized carbons (Fsp3) is 0.294. The summed E-state index contributed by atoms with van der Waals surface area (Å²) in [6.45, 7) is 1.97. The van der Waals surface area contributed by atoms with Gasteiger partial charge in [-0.1, -0.05) is 42.5 Å². The van der Waals surface area contributed by atoms with Gasteiger partial charge in [-0.25, -0.2) is 4.79 Å². The molecule has 1 amide bonds. The molecule has 2 rings (SSSR count). The van der Waals surface area contributed by atoms with E-state index in [-0.39, 0.29) is 6.61 Å². The van der Waals surface area contributed by atoms with Crippen molar-refractivity contribution in [3.05, 3.63) is 48.0 Å². The highest BCUT2D eigenvalue weighted by Gasteiger charge is 2.30. The lowest BCUT2D eigenvalue weighted by Crippen LogP contribution is -2.38. The van der Waals surface area contributed by atoms with Crippen LogP contribution in [0.1, 0.15) is 18.5 Å². The Hall–Kier alpha value is -2.21. The van der Waals surface area contributed by atoms with Gasteiger partial charge in [-0.15, -0.1) is 0 Å². The van der Waals surface area contributed by atoms with Gasteiger partial charge in [0.05, 0.1) is 19.8 Å². The van der Waals surface area contributed by atoms with E-state index in [2.05, 4.69) is 22.7 Å². The third-order valence-corrected chi connectivity index (χ3v) is 3.97. The van der Waals surface area contributed by atoms with Gasteiger partial charge in [-0.05, 0) is 23.3 Å². The van der Waals surface area contributed by atoms with E-state index < -0.39 is 23.4 Å². The first-order valence-corrected chi connectivity index (χ1v) is 7.77. The molecule has 0 aliphatic heterocycles. The van der Waals surface area contributed by atoms with Gasteiger partial charge >= 0.3 is 12.1 Å². The number of benzene rings is 2. The fourth-order valence-corrected chi connectivity index (χ4v) is 2.71. The van der Waals surface area contributed by atoms with E-state index in [0.29, 0.717) is 0 Å². The first-order chi connectivity index (χ1) is 11.1. The Balaban J connectivity index is 2.47. The summed E-state index contributed by atoms with van der Waals surface area (Å²) in [5, 5.41) is 3.76. The molecule has 0 aliphatic rings. The number of amides is 1. The van der Waals surface area contributed by atoms with Gasteiger partial charge in [0.1, 0.15) is 5.25 Å². The number of carbonyl (C=O) groups excluding carboxylic acids is 2. The molecule has 0 spiro atoms. The zero-order valence-corrected chi connectivity index (χ0v) is 13.9. The van der Waals surface area contributed by atoms with Crippen LogP contribution in [0.3, 0.4) is 0 Å². The average Bonchev–Trinajstić information content (AvgIpc) is 2.58. The second kappa shape index (κ2) is 7.87. The smallest absolute Gasteiger partial charge is 0.407 e. The number of nitrogens with one attached hydrogen (secondary N) is 1. The quantitative estimate of drug-likeness (QED) is 0.652. The molecule has 122 valence electrons. The monoisotopic (exact) mass is 333 g/mol. The molecule has 0 saturated carbocycles. The number of alkyl carbamates (subject to hydrolysis) is 1. The molecule has 0 aliphatic carbocycles. The number of hydrogen-bond donors (Lipinski definition) is 2. The Morgan fingerprint density at radius 2 is 1.87 bits per heavy atom. The molecule has 0 saturated heterocycles. The number of ether oxygens (including phenoxy) is 2. The molecule has 0 unspecified atom stereocenters. The number of fused-ring (bicyclic) bond motifs is 1. The topological polar surface area (TPSA) is 64.6 Å². The van der Waals surface area contributed by atoms with Crippen LogP contribution < -0.4 is 5.32 Å². The van der Waals surface area contributed by atoms with E-state index in [1.54, 1.807) is 6.92 Å². The average molecular weight is 333 g/mol. The standard InChI is InChI=1S/C17H19NO4S/c1-3-22-16(19)15(23)14(18-17(20)21-2)13-10-6-8-11-7-4-5-9-12(11)13/h4-10,14-15,23H,3H2,1-2H3,(H,18,20)/t14-,15+/m0/s1. The zero-order chi connectivity index (χ0) is 16.8. The van der Waals surface area contributed by atoms with Crippen molar-refractivity contribution < 1.29 is 19.1 Å². The minimum absolute atomic E-state index is 0.246. The van der Waals surface area contributed by atoms with Crippen molar-refractivity contribution in [2.45, 2.75) is 18.2 Å². The molecule has 5 nitrogen and oxygen atoms in total. The summed E-state index contributed by atoms with van der Waals surface area (Å²) in [4.78, 5) is 23.8. The lowest BCUT2D eigenvalue weighted by Gasteiger charge is -2.24. The first kappa shape index (κ1) is 17.1. The molecule has 23 heavy (non-hydrogen) atoms. The third-order valence-electron chi connectivity index (χ3n) is 3.46. The molecule has 0 radical (unpaired) electrons. The van der Waals surface area contributed by atoms with Crippen molar-refractivity contribution >= 4 is 35.5 Å². The molecule has 0 bridgehead atoms. The Labute approximate surface area is 140 Å². The lowest BCUT2D eigenvalue weighted by atomic mass is 9.96. The molecule has 2 aromatic rings. The second-order valence-corrected chi connectivity index (χ2v) is 5.44. The highest BCUT2D eigenvalue weighted by Crippen LogP contribution is 2.29. The number of hydrogen-bond acceptors (Lipinski definition) is 5. The van der Waals surface area contributed by atoms with Gasteiger partial charge in [0.25, 0.3) is 0 Å². The van der Waals surface area contributed by atoms with Crippen molar-refractivity contribution in [2.24, 2.45) is 0 Å². The van der Waals surface area contributed by atoms with Crippen molar-refractivity contribution in [1.82, 2.24) is 5.32 Å². The molecule has 1 N–H and O–H groups in total. The Morgan fingerprint density at radius 1 is 1.17 bits per heavy atom. The maximum Gasteiger partial charge on any atom is 0.407 e. The van der Waals surface area contributed by atoms with Crippen molar-refractivity contribution in [3.63, 3.8) is 0 Å². The van der Waals surface area contributed by atoms with Gasteiger partial charge < -0.3 is 14.8 Å². The zero-order valence-electron chi connectivity index (χ0n) is 13.0. The SMILES string of the molecule is CCOC(=O)[C@H](S)[C@@H](NC(=O)OC)c1cccc2ccccc12. The Kier molecular flexibility index (Phi) is 5.87. The predicted molar refractivity (Wildman–Crippen MR) is 91.6 cm³/mol. The predicted octanol–water partition coefficient (Wildman–Crippen LogP) is 3.10. The highest BCUT2D eigenvalue weighted by molar-refractivity contribution is 7.81. The van der Waals surface area contributed by atoms with E-state index in [0.717, 1.165) is 16.3 Å². The van der Waals surface area contributed by atoms with Gasteiger partial charge in [0.2, 0.25) is 0 Å². The largest absolute Gasteiger partial charge is 0.465 e. The summed E-state index contributed by atoms with van der Waals surface area (Å²) in [5.41, 5.74) is 0.779. The summed E-state index contributed by atoms with van der Waals surface area (Å²) >= 11 is 4.36. The van der Waals surface area contributed by atoms with Crippen LogP contribution in [0.25, 0.3) is 10.8 Å². The normalized spacial score (nSPS) is 13.2. The first-order valence-electron chi connectivity index (χ1n) is 7.25. The van der Waals surface area contributed by atoms with E-state index in [1.807, 2.05) is 42.5 Å². The Morgan fingerprint density at radius 3 is 2.57 bits per heavy atom. The lowest BCUT2D eigenvalue weighted by molar-refractivity contribution is -0.142. The van der Waals surface area contributed by atoms with Crippen LogP contribution in [0, 0.1) is 0 Å². The molecule has 2 atom stereocenters. The van der Waals surface area contributed by atoms with Crippen molar-refractivity contribution in [3.8, 4) is 0 Å². The molecule has 0 heterocycles. The molecular formula is C17H19NO4S. The number of thiol groups is 1. The van der Waals surface area contributed by atoms with Crippen molar-refractivity contribution in [2.75, 3.05) is 13.7 Å². The van der Waals surface area contributed by atoms with Crippen LogP contribution >= 0.6 is 12.6 Å². The fourth-order valence-electron chi connectivity index (χ4n) is 2.40. The van der Waals surface area contributed by atoms with E-state index in [1.165, 1.54) is 7.11 Å². The molecule has 6 heteroatoms. The molecule has 0 aromatic heterocycles. The minimum Gasteiger partial charge on any atom is -0.465 e. The molecule has 2 aromatic carbocycles. The molecular weight excluding hydrogens is 314 g/mol. The summed E-state index contributed by atoms with van der Waals surface area (Å²) in [5.74, 6) is -0.495. The van der Waals surface area contributed by atoms with E-state index in [9.17, 15) is 9.59 Å². The summed E-state index contributed by atoms with van der Waals surface area (Å²) < 4.78 is 9.69. The summed E-state index contributed by atoms with van der Waals surface area (Å²) in [6, 6.07) is 12.7. The maximum absolute atomic E-state index is 12.1. The van der Waals surface area contributed by atoms with Crippen LogP contribution in [0.15, 0.2) is 42.5 Å². The van der Waals surface area contributed by atoms with Gasteiger partial charge in [-0.2, -0.15) is 12.6 Å². The number of rotatable bonds is 5. The van der Waals surface area contributed by atoms with Gasteiger partial charge in [-0.3, -0.25) is 4.79 Å². The van der Waals surface area contributed by atoms with E-state index >= 15 is 0 Å².